The van der Waals surface area contributed by atoms with Gasteiger partial charge >= 0.3 is 0 Å². The number of ether oxygens (including phenoxy) is 1. The highest BCUT2D eigenvalue weighted by Crippen LogP contribution is 2.33. The van der Waals surface area contributed by atoms with Gasteiger partial charge in [-0.1, -0.05) is 26.0 Å². The van der Waals surface area contributed by atoms with Gasteiger partial charge in [-0.25, -0.2) is 0 Å². The smallest absolute Gasteiger partial charge is 0.122 e. The molecule has 18 heavy (non-hydrogen) atoms. The molecule has 2 nitrogen and oxygen atoms in total. The Morgan fingerprint density at radius 1 is 1.22 bits per heavy atom. The van der Waals surface area contributed by atoms with Crippen molar-refractivity contribution in [1.29, 1.82) is 0 Å². The SMILES string of the molecule is COc1ccc(C2CCCNCC2)cc1C(C)C. The Labute approximate surface area is 111 Å². The van der Waals surface area contributed by atoms with Crippen LogP contribution in [0.1, 0.15) is 56.1 Å². The largest absolute Gasteiger partial charge is 0.496 e. The first kappa shape index (κ1) is 13.4. The third-order valence-corrected chi connectivity index (χ3v) is 3.92. The van der Waals surface area contributed by atoms with Crippen LogP contribution in [0.3, 0.4) is 0 Å². The number of hydrogen-bond acceptors (Lipinski definition) is 2. The lowest BCUT2D eigenvalue weighted by Crippen LogP contribution is -2.13. The van der Waals surface area contributed by atoms with Gasteiger partial charge in [-0.15, -0.1) is 0 Å². The zero-order valence-electron chi connectivity index (χ0n) is 11.8. The Morgan fingerprint density at radius 2 is 2.06 bits per heavy atom. The molecular formula is C16H25NO. The lowest BCUT2D eigenvalue weighted by Gasteiger charge is -2.18. The Balaban J connectivity index is 2.24. The van der Waals surface area contributed by atoms with E-state index >= 15 is 0 Å². The number of rotatable bonds is 3. The standard InChI is InChI=1S/C16H25NO/c1-12(2)15-11-14(6-7-16(15)18-3)13-5-4-9-17-10-8-13/h6-7,11-13,17H,4-5,8-10H2,1-3H3. The average molecular weight is 247 g/mol. The molecule has 1 aliphatic rings. The van der Waals surface area contributed by atoms with Gasteiger partial charge in [0.25, 0.3) is 0 Å². The number of nitrogens with one attached hydrogen (secondary N) is 1. The molecule has 0 bridgehead atoms. The first-order chi connectivity index (χ1) is 8.72. The molecule has 0 saturated carbocycles. The van der Waals surface area contributed by atoms with E-state index in [1.807, 2.05) is 0 Å². The van der Waals surface area contributed by atoms with Crippen LogP contribution in [0.15, 0.2) is 18.2 Å². The summed E-state index contributed by atoms with van der Waals surface area (Å²) < 4.78 is 5.46. The normalized spacial score (nSPS) is 20.8. The van der Waals surface area contributed by atoms with E-state index in [0.29, 0.717) is 11.8 Å². The van der Waals surface area contributed by atoms with Crippen molar-refractivity contribution in [3.05, 3.63) is 29.3 Å². The number of methoxy groups -OCH3 is 1. The minimum Gasteiger partial charge on any atom is -0.496 e. The molecule has 100 valence electrons. The molecule has 1 N–H and O–H groups in total. The molecular weight excluding hydrogens is 222 g/mol. The second kappa shape index (κ2) is 6.24. The van der Waals surface area contributed by atoms with E-state index in [9.17, 15) is 0 Å². The zero-order valence-corrected chi connectivity index (χ0v) is 11.8. The van der Waals surface area contributed by atoms with Crippen LogP contribution in [-0.4, -0.2) is 20.2 Å². The van der Waals surface area contributed by atoms with Crippen LogP contribution in [0.4, 0.5) is 0 Å². The summed E-state index contributed by atoms with van der Waals surface area (Å²) in [5.74, 6) is 2.26. The molecule has 2 heteroatoms. The second-order valence-corrected chi connectivity index (χ2v) is 5.53. The Hall–Kier alpha value is -1.02. The topological polar surface area (TPSA) is 21.3 Å². The summed E-state index contributed by atoms with van der Waals surface area (Å²) in [5, 5.41) is 3.48. The lowest BCUT2D eigenvalue weighted by molar-refractivity contribution is 0.407. The molecule has 0 amide bonds. The molecule has 1 aliphatic heterocycles. The predicted molar refractivity (Wildman–Crippen MR) is 76.5 cm³/mol. The third-order valence-electron chi connectivity index (χ3n) is 3.92. The van der Waals surface area contributed by atoms with Gasteiger partial charge in [0.1, 0.15) is 5.75 Å². The molecule has 2 rings (SSSR count). The van der Waals surface area contributed by atoms with Crippen LogP contribution < -0.4 is 10.1 Å². The lowest BCUT2D eigenvalue weighted by atomic mass is 9.89. The molecule has 0 aromatic heterocycles. The minimum absolute atomic E-state index is 0.517. The third kappa shape index (κ3) is 3.05. The Morgan fingerprint density at radius 3 is 2.78 bits per heavy atom. The summed E-state index contributed by atoms with van der Waals surface area (Å²) in [7, 11) is 1.76. The molecule has 1 aromatic carbocycles. The summed E-state index contributed by atoms with van der Waals surface area (Å²) in [4.78, 5) is 0. The van der Waals surface area contributed by atoms with Crippen LogP contribution >= 0.6 is 0 Å². The van der Waals surface area contributed by atoms with Crippen molar-refractivity contribution in [2.45, 2.75) is 44.9 Å². The summed E-state index contributed by atoms with van der Waals surface area (Å²) in [5.41, 5.74) is 2.83. The maximum absolute atomic E-state index is 5.46. The second-order valence-electron chi connectivity index (χ2n) is 5.53. The molecule has 1 aromatic rings. The summed E-state index contributed by atoms with van der Waals surface area (Å²) in [6.07, 6.45) is 3.84. The molecule has 1 atom stereocenters. The highest BCUT2D eigenvalue weighted by molar-refractivity contribution is 5.40. The van der Waals surface area contributed by atoms with E-state index in [-0.39, 0.29) is 0 Å². The fourth-order valence-electron chi connectivity index (χ4n) is 2.81. The maximum Gasteiger partial charge on any atom is 0.122 e. The van der Waals surface area contributed by atoms with Crippen LogP contribution in [-0.2, 0) is 0 Å². The van der Waals surface area contributed by atoms with Gasteiger partial charge in [0, 0.05) is 0 Å². The Bertz CT molecular complexity index is 379. The molecule has 1 heterocycles. The van der Waals surface area contributed by atoms with Crippen molar-refractivity contribution >= 4 is 0 Å². The van der Waals surface area contributed by atoms with Gasteiger partial charge in [-0.3, -0.25) is 0 Å². The molecule has 0 radical (unpaired) electrons. The van der Waals surface area contributed by atoms with Crippen LogP contribution in [0.5, 0.6) is 5.75 Å². The van der Waals surface area contributed by atoms with Crippen molar-refractivity contribution in [1.82, 2.24) is 5.32 Å². The van der Waals surface area contributed by atoms with E-state index in [1.54, 1.807) is 7.11 Å². The molecule has 0 aliphatic carbocycles. The van der Waals surface area contributed by atoms with E-state index in [4.69, 9.17) is 4.74 Å². The predicted octanol–water partition coefficient (Wildman–Crippen LogP) is 3.68. The van der Waals surface area contributed by atoms with Crippen molar-refractivity contribution in [3.8, 4) is 5.75 Å². The first-order valence-electron chi connectivity index (χ1n) is 7.11. The Kier molecular flexibility index (Phi) is 4.65. The molecule has 1 fully saturated rings. The summed E-state index contributed by atoms with van der Waals surface area (Å²) in [6, 6.07) is 6.75. The fourth-order valence-corrected chi connectivity index (χ4v) is 2.81. The number of hydrogen-bond donors (Lipinski definition) is 1. The van der Waals surface area contributed by atoms with E-state index < -0.39 is 0 Å². The summed E-state index contributed by atoms with van der Waals surface area (Å²) >= 11 is 0. The van der Waals surface area contributed by atoms with Gasteiger partial charge in [-0.05, 0) is 61.4 Å². The van der Waals surface area contributed by atoms with Gasteiger partial charge < -0.3 is 10.1 Å². The highest BCUT2D eigenvalue weighted by Gasteiger charge is 2.16. The molecule has 1 unspecified atom stereocenters. The highest BCUT2D eigenvalue weighted by atomic mass is 16.5. The maximum atomic E-state index is 5.46. The number of benzene rings is 1. The molecule has 1 saturated heterocycles. The summed E-state index contributed by atoms with van der Waals surface area (Å²) in [6.45, 7) is 6.78. The fraction of sp³-hybridized carbons (Fsp3) is 0.625. The van der Waals surface area contributed by atoms with Crippen molar-refractivity contribution in [2.24, 2.45) is 0 Å². The average Bonchev–Trinajstić information content (AvgIpc) is 2.66. The zero-order chi connectivity index (χ0) is 13.0. The monoisotopic (exact) mass is 247 g/mol. The van der Waals surface area contributed by atoms with Gasteiger partial charge in [0.15, 0.2) is 0 Å². The van der Waals surface area contributed by atoms with E-state index in [2.05, 4.69) is 37.4 Å². The van der Waals surface area contributed by atoms with E-state index in [1.165, 1.54) is 36.9 Å². The van der Waals surface area contributed by atoms with Crippen LogP contribution in [0.2, 0.25) is 0 Å². The van der Waals surface area contributed by atoms with E-state index in [0.717, 1.165) is 12.3 Å². The molecule has 0 spiro atoms. The van der Waals surface area contributed by atoms with Crippen molar-refractivity contribution in [3.63, 3.8) is 0 Å². The first-order valence-corrected chi connectivity index (χ1v) is 7.11. The van der Waals surface area contributed by atoms with Gasteiger partial charge in [0.05, 0.1) is 7.11 Å². The van der Waals surface area contributed by atoms with Crippen molar-refractivity contribution < 1.29 is 4.74 Å². The van der Waals surface area contributed by atoms with Crippen LogP contribution in [0, 0.1) is 0 Å². The van der Waals surface area contributed by atoms with Crippen molar-refractivity contribution in [2.75, 3.05) is 20.2 Å². The minimum atomic E-state index is 0.517. The quantitative estimate of drug-likeness (QED) is 0.880. The van der Waals surface area contributed by atoms with Gasteiger partial charge in [-0.2, -0.15) is 0 Å². The van der Waals surface area contributed by atoms with Crippen LogP contribution in [0.25, 0.3) is 0 Å². The van der Waals surface area contributed by atoms with Gasteiger partial charge in [0.2, 0.25) is 0 Å².